The maximum absolute atomic E-state index is 5.94. The zero-order valence-corrected chi connectivity index (χ0v) is 10.4. The highest BCUT2D eigenvalue weighted by Crippen LogP contribution is 2.25. The Balaban J connectivity index is 1.87. The average Bonchev–Trinajstić information content (AvgIpc) is 2.87. The molecule has 0 bridgehead atoms. The van der Waals surface area contributed by atoms with Crippen molar-refractivity contribution in [3.8, 4) is 0 Å². The molecule has 18 heavy (non-hydrogen) atoms. The van der Waals surface area contributed by atoms with Crippen LogP contribution in [-0.2, 0) is 0 Å². The standard InChI is InChI=1S/C11H17N7/c1-17(9-4-2-8(12)3-5-9)11-7-13-6-10-14-15-16-18(10)11/h6-9H,2-5,12H2,1H3. The summed E-state index contributed by atoms with van der Waals surface area (Å²) in [5.74, 6) is 0.929. The first kappa shape index (κ1) is 11.3. The number of hydrogen-bond donors (Lipinski definition) is 1. The lowest BCUT2D eigenvalue weighted by Gasteiger charge is -2.34. The van der Waals surface area contributed by atoms with Crippen molar-refractivity contribution in [3.05, 3.63) is 12.4 Å². The van der Waals surface area contributed by atoms with E-state index in [1.165, 1.54) is 0 Å². The van der Waals surface area contributed by atoms with Gasteiger partial charge in [-0.3, -0.25) is 4.98 Å². The molecular formula is C11H17N7. The number of tetrazole rings is 1. The van der Waals surface area contributed by atoms with Gasteiger partial charge in [-0.05, 0) is 36.1 Å². The molecule has 2 aromatic rings. The largest absolute Gasteiger partial charge is 0.355 e. The average molecular weight is 247 g/mol. The van der Waals surface area contributed by atoms with E-state index >= 15 is 0 Å². The second-order valence-electron chi connectivity index (χ2n) is 4.89. The molecule has 2 N–H and O–H groups in total. The smallest absolute Gasteiger partial charge is 0.199 e. The van der Waals surface area contributed by atoms with Gasteiger partial charge in [0.05, 0.1) is 12.4 Å². The number of aromatic nitrogens is 5. The maximum atomic E-state index is 5.94. The van der Waals surface area contributed by atoms with Crippen LogP contribution in [0.1, 0.15) is 25.7 Å². The molecule has 0 radical (unpaired) electrons. The predicted octanol–water partition coefficient (Wildman–Crippen LogP) is 0.225. The number of rotatable bonds is 2. The lowest BCUT2D eigenvalue weighted by atomic mass is 9.91. The van der Waals surface area contributed by atoms with Gasteiger partial charge in [0.15, 0.2) is 11.5 Å². The SMILES string of the molecule is CN(c1cncc2nnnn12)C1CCC(N)CC1. The minimum atomic E-state index is 0.358. The first-order valence-corrected chi connectivity index (χ1v) is 6.26. The molecule has 0 unspecified atom stereocenters. The van der Waals surface area contributed by atoms with E-state index in [0.717, 1.165) is 31.5 Å². The van der Waals surface area contributed by atoms with Crippen LogP contribution in [0.3, 0.4) is 0 Å². The predicted molar refractivity (Wildman–Crippen MR) is 67.2 cm³/mol. The van der Waals surface area contributed by atoms with Crippen LogP contribution < -0.4 is 10.6 Å². The van der Waals surface area contributed by atoms with Gasteiger partial charge >= 0.3 is 0 Å². The summed E-state index contributed by atoms with van der Waals surface area (Å²) < 4.78 is 1.72. The van der Waals surface area contributed by atoms with E-state index in [4.69, 9.17) is 5.73 Å². The Bertz CT molecular complexity index is 529. The molecule has 2 aromatic heterocycles. The molecule has 1 aliphatic carbocycles. The van der Waals surface area contributed by atoms with Crippen LogP contribution in [0.5, 0.6) is 0 Å². The minimum absolute atomic E-state index is 0.358. The Hall–Kier alpha value is -1.76. The fourth-order valence-electron chi connectivity index (χ4n) is 2.58. The van der Waals surface area contributed by atoms with Gasteiger partial charge in [-0.25, -0.2) is 0 Å². The second-order valence-corrected chi connectivity index (χ2v) is 4.89. The molecule has 0 atom stereocenters. The molecule has 1 aliphatic rings. The Morgan fingerprint density at radius 2 is 2.06 bits per heavy atom. The quantitative estimate of drug-likeness (QED) is 0.817. The van der Waals surface area contributed by atoms with Crippen molar-refractivity contribution in [3.63, 3.8) is 0 Å². The van der Waals surface area contributed by atoms with E-state index in [-0.39, 0.29) is 0 Å². The number of nitrogens with two attached hydrogens (primary N) is 1. The summed E-state index contributed by atoms with van der Waals surface area (Å²) in [4.78, 5) is 6.40. The van der Waals surface area contributed by atoms with Crippen LogP contribution >= 0.6 is 0 Å². The highest BCUT2D eigenvalue weighted by atomic mass is 15.5. The van der Waals surface area contributed by atoms with Crippen molar-refractivity contribution < 1.29 is 0 Å². The van der Waals surface area contributed by atoms with Gasteiger partial charge in [0.1, 0.15) is 0 Å². The zero-order valence-electron chi connectivity index (χ0n) is 10.4. The molecule has 0 saturated heterocycles. The number of nitrogens with zero attached hydrogens (tertiary/aromatic N) is 6. The van der Waals surface area contributed by atoms with E-state index in [9.17, 15) is 0 Å². The van der Waals surface area contributed by atoms with Crippen LogP contribution in [0.25, 0.3) is 5.65 Å². The fourth-order valence-corrected chi connectivity index (χ4v) is 2.58. The van der Waals surface area contributed by atoms with Gasteiger partial charge < -0.3 is 10.6 Å². The molecule has 1 fully saturated rings. The molecule has 7 nitrogen and oxygen atoms in total. The van der Waals surface area contributed by atoms with Crippen LogP contribution in [0.4, 0.5) is 5.82 Å². The fraction of sp³-hybridized carbons (Fsp3) is 0.636. The van der Waals surface area contributed by atoms with Gasteiger partial charge in [0, 0.05) is 19.1 Å². The third-order valence-corrected chi connectivity index (χ3v) is 3.74. The lowest BCUT2D eigenvalue weighted by molar-refractivity contribution is 0.382. The molecule has 3 rings (SSSR count). The molecule has 0 aliphatic heterocycles. The Morgan fingerprint density at radius 3 is 2.83 bits per heavy atom. The number of anilines is 1. The van der Waals surface area contributed by atoms with Crippen LogP contribution in [0.2, 0.25) is 0 Å². The molecule has 0 spiro atoms. The topological polar surface area (TPSA) is 85.2 Å². The Kier molecular flexibility index (Phi) is 2.83. The summed E-state index contributed by atoms with van der Waals surface area (Å²) in [6.45, 7) is 0. The first-order valence-electron chi connectivity index (χ1n) is 6.26. The third kappa shape index (κ3) is 1.90. The summed E-state index contributed by atoms with van der Waals surface area (Å²) in [6, 6.07) is 0.845. The molecule has 0 amide bonds. The summed E-state index contributed by atoms with van der Waals surface area (Å²) >= 11 is 0. The van der Waals surface area contributed by atoms with Gasteiger partial charge in [-0.2, -0.15) is 4.52 Å². The zero-order chi connectivity index (χ0) is 12.5. The van der Waals surface area contributed by atoms with Crippen molar-refractivity contribution in [2.75, 3.05) is 11.9 Å². The summed E-state index contributed by atoms with van der Waals surface area (Å²) in [5.41, 5.74) is 6.61. The molecule has 7 heteroatoms. The third-order valence-electron chi connectivity index (χ3n) is 3.74. The van der Waals surface area contributed by atoms with E-state index in [1.54, 1.807) is 16.9 Å². The van der Waals surface area contributed by atoms with E-state index in [1.807, 2.05) is 0 Å². The monoisotopic (exact) mass is 247 g/mol. The maximum Gasteiger partial charge on any atom is 0.199 e. The van der Waals surface area contributed by atoms with Crippen molar-refractivity contribution >= 4 is 11.5 Å². The van der Waals surface area contributed by atoms with Crippen LogP contribution in [-0.4, -0.2) is 44.2 Å². The Morgan fingerprint density at radius 1 is 1.28 bits per heavy atom. The van der Waals surface area contributed by atoms with Crippen LogP contribution in [0, 0.1) is 0 Å². The normalized spacial score (nSPS) is 24.3. The van der Waals surface area contributed by atoms with Gasteiger partial charge in [0.2, 0.25) is 0 Å². The lowest BCUT2D eigenvalue weighted by Crippen LogP contribution is -2.39. The van der Waals surface area contributed by atoms with E-state index < -0.39 is 0 Å². The van der Waals surface area contributed by atoms with Crippen molar-refractivity contribution in [2.45, 2.75) is 37.8 Å². The van der Waals surface area contributed by atoms with Gasteiger partial charge in [-0.1, -0.05) is 0 Å². The molecule has 2 heterocycles. The second kappa shape index (κ2) is 4.49. The van der Waals surface area contributed by atoms with Crippen molar-refractivity contribution in [1.29, 1.82) is 0 Å². The Labute approximate surface area is 105 Å². The molecule has 1 saturated carbocycles. The molecule has 96 valence electrons. The summed E-state index contributed by atoms with van der Waals surface area (Å²) in [7, 11) is 2.07. The van der Waals surface area contributed by atoms with Gasteiger partial charge in [-0.15, -0.1) is 5.10 Å². The number of hydrogen-bond acceptors (Lipinski definition) is 6. The van der Waals surface area contributed by atoms with Crippen LogP contribution in [0.15, 0.2) is 12.4 Å². The first-order chi connectivity index (χ1) is 8.75. The summed E-state index contributed by atoms with van der Waals surface area (Å²) in [6.07, 6.45) is 7.83. The van der Waals surface area contributed by atoms with Crippen molar-refractivity contribution in [2.24, 2.45) is 5.73 Å². The van der Waals surface area contributed by atoms with E-state index in [0.29, 0.717) is 17.7 Å². The summed E-state index contributed by atoms with van der Waals surface area (Å²) in [5, 5.41) is 11.6. The highest BCUT2D eigenvalue weighted by molar-refractivity contribution is 5.46. The molecular weight excluding hydrogens is 230 g/mol. The molecule has 0 aromatic carbocycles. The van der Waals surface area contributed by atoms with Gasteiger partial charge in [0.25, 0.3) is 0 Å². The van der Waals surface area contributed by atoms with E-state index in [2.05, 4.69) is 32.5 Å². The van der Waals surface area contributed by atoms with Crippen molar-refractivity contribution in [1.82, 2.24) is 25.0 Å². The minimum Gasteiger partial charge on any atom is -0.355 e. The number of fused-ring (bicyclic) bond motifs is 1. The highest BCUT2D eigenvalue weighted by Gasteiger charge is 2.23.